The highest BCUT2D eigenvalue weighted by molar-refractivity contribution is 7.93. The Bertz CT molecular complexity index is 202. The van der Waals surface area contributed by atoms with Crippen LogP contribution in [0.4, 0.5) is 0 Å². The van der Waals surface area contributed by atoms with Crippen molar-refractivity contribution in [1.82, 2.24) is 0 Å². The first-order valence-corrected chi connectivity index (χ1v) is 6.21. The van der Waals surface area contributed by atoms with Crippen LogP contribution in [0.25, 0.3) is 0 Å². The zero-order valence-corrected chi connectivity index (χ0v) is 7.95. The highest BCUT2D eigenvalue weighted by Gasteiger charge is 2.21. The summed E-state index contributed by atoms with van der Waals surface area (Å²) in [4.78, 5) is 0. The molecule has 1 aliphatic carbocycles. The van der Waals surface area contributed by atoms with Crippen LogP contribution in [0.2, 0.25) is 0 Å². The van der Waals surface area contributed by atoms with Gasteiger partial charge in [-0.2, -0.15) is 0 Å². The van der Waals surface area contributed by atoms with Gasteiger partial charge in [0.2, 0.25) is 0 Å². The van der Waals surface area contributed by atoms with E-state index < -0.39 is 9.73 Å². The van der Waals surface area contributed by atoms with Gasteiger partial charge >= 0.3 is 0 Å². The summed E-state index contributed by atoms with van der Waals surface area (Å²) in [5, 5.41) is 0.209. The van der Waals surface area contributed by atoms with Crippen LogP contribution in [0.3, 0.4) is 0 Å². The monoisotopic (exact) mass is 175 g/mol. The minimum absolute atomic E-state index is 0.209. The van der Waals surface area contributed by atoms with Gasteiger partial charge in [0.25, 0.3) is 0 Å². The molecule has 3 heteroatoms. The van der Waals surface area contributed by atoms with Gasteiger partial charge in [-0.1, -0.05) is 26.2 Å². The lowest BCUT2D eigenvalue weighted by Gasteiger charge is -2.22. The van der Waals surface area contributed by atoms with Crippen molar-refractivity contribution in [2.75, 3.05) is 5.75 Å². The Morgan fingerprint density at radius 1 is 1.36 bits per heavy atom. The third-order valence-electron chi connectivity index (χ3n) is 2.52. The van der Waals surface area contributed by atoms with E-state index in [1.54, 1.807) is 0 Å². The maximum absolute atomic E-state index is 11.6. The van der Waals surface area contributed by atoms with Crippen molar-refractivity contribution in [3.63, 3.8) is 0 Å². The molecule has 0 aromatic rings. The molecular formula is C8H17NOS. The fraction of sp³-hybridized carbons (Fsp3) is 1.00. The fourth-order valence-corrected chi connectivity index (χ4v) is 3.25. The number of hydrogen-bond donors (Lipinski definition) is 1. The first-order chi connectivity index (χ1) is 5.17. The van der Waals surface area contributed by atoms with Gasteiger partial charge in [-0.05, 0) is 12.8 Å². The number of nitrogens with one attached hydrogen (secondary N) is 1. The molecule has 11 heavy (non-hydrogen) atoms. The molecule has 1 aliphatic rings. The van der Waals surface area contributed by atoms with Gasteiger partial charge in [-0.25, -0.2) is 4.21 Å². The van der Waals surface area contributed by atoms with E-state index in [1.165, 1.54) is 19.3 Å². The van der Waals surface area contributed by atoms with E-state index >= 15 is 0 Å². The zero-order valence-electron chi connectivity index (χ0n) is 7.14. The fourth-order valence-electron chi connectivity index (χ4n) is 1.68. The Hall–Kier alpha value is -0.0500. The van der Waals surface area contributed by atoms with Gasteiger partial charge in [0.1, 0.15) is 0 Å². The summed E-state index contributed by atoms with van der Waals surface area (Å²) in [6, 6.07) is 0. The van der Waals surface area contributed by atoms with E-state index in [-0.39, 0.29) is 5.25 Å². The molecule has 0 heterocycles. The maximum Gasteiger partial charge on any atom is 0.0467 e. The average Bonchev–Trinajstić information content (AvgIpc) is 2.06. The number of rotatable bonds is 2. The zero-order chi connectivity index (χ0) is 8.32. The topological polar surface area (TPSA) is 40.9 Å². The molecule has 1 rings (SSSR count). The van der Waals surface area contributed by atoms with Crippen molar-refractivity contribution in [1.29, 1.82) is 4.78 Å². The van der Waals surface area contributed by atoms with Crippen LogP contribution in [-0.4, -0.2) is 15.2 Å². The first-order valence-electron chi connectivity index (χ1n) is 4.42. The van der Waals surface area contributed by atoms with Crippen LogP contribution in [0.1, 0.15) is 39.0 Å². The lowest BCUT2D eigenvalue weighted by molar-refractivity contribution is 0.501. The molecule has 0 saturated heterocycles. The molecular weight excluding hydrogens is 158 g/mol. The Labute approximate surface area is 69.4 Å². The molecule has 1 saturated carbocycles. The molecule has 1 atom stereocenters. The minimum Gasteiger partial charge on any atom is -0.253 e. The summed E-state index contributed by atoms with van der Waals surface area (Å²) in [6.45, 7) is 1.87. The molecule has 1 fully saturated rings. The van der Waals surface area contributed by atoms with E-state index in [4.69, 9.17) is 4.78 Å². The average molecular weight is 175 g/mol. The standard InChI is InChI=1S/C8H17NOS/c1-2-11(9,10)8-6-4-3-5-7-8/h8-9H,2-7H2,1H3. The predicted molar refractivity (Wildman–Crippen MR) is 48.3 cm³/mol. The molecule has 1 N–H and O–H groups in total. The molecule has 0 radical (unpaired) electrons. The van der Waals surface area contributed by atoms with Gasteiger partial charge in [0, 0.05) is 20.7 Å². The summed E-state index contributed by atoms with van der Waals surface area (Å²) in [5.74, 6) is 0.539. The van der Waals surface area contributed by atoms with Crippen molar-refractivity contribution in [3.8, 4) is 0 Å². The second kappa shape index (κ2) is 3.57. The van der Waals surface area contributed by atoms with E-state index in [2.05, 4.69) is 0 Å². The van der Waals surface area contributed by atoms with Crippen LogP contribution in [0.15, 0.2) is 0 Å². The Morgan fingerprint density at radius 3 is 2.36 bits per heavy atom. The molecule has 0 spiro atoms. The van der Waals surface area contributed by atoms with Gasteiger partial charge in [-0.3, -0.25) is 4.78 Å². The van der Waals surface area contributed by atoms with Gasteiger partial charge < -0.3 is 0 Å². The SMILES string of the molecule is CCS(=N)(=O)C1CCCCC1. The van der Waals surface area contributed by atoms with Crippen LogP contribution in [-0.2, 0) is 9.73 Å². The minimum atomic E-state index is -2.22. The molecule has 0 bridgehead atoms. The summed E-state index contributed by atoms with van der Waals surface area (Å²) in [6.07, 6.45) is 5.68. The second-order valence-corrected chi connectivity index (χ2v) is 5.97. The quantitative estimate of drug-likeness (QED) is 0.688. The summed E-state index contributed by atoms with van der Waals surface area (Å²) in [5.41, 5.74) is 0. The van der Waals surface area contributed by atoms with Crippen molar-refractivity contribution >= 4 is 9.73 Å². The molecule has 66 valence electrons. The first kappa shape index (κ1) is 9.04. The van der Waals surface area contributed by atoms with Crippen LogP contribution in [0, 0.1) is 4.78 Å². The van der Waals surface area contributed by atoms with E-state index in [9.17, 15) is 4.21 Å². The molecule has 0 aliphatic heterocycles. The van der Waals surface area contributed by atoms with Crippen molar-refractivity contribution in [3.05, 3.63) is 0 Å². The molecule has 2 nitrogen and oxygen atoms in total. The summed E-state index contributed by atoms with van der Waals surface area (Å²) < 4.78 is 19.2. The van der Waals surface area contributed by atoms with Gasteiger partial charge in [0.15, 0.2) is 0 Å². The number of hydrogen-bond acceptors (Lipinski definition) is 2. The van der Waals surface area contributed by atoms with Gasteiger partial charge in [-0.15, -0.1) is 0 Å². The normalized spacial score (nSPS) is 26.3. The maximum atomic E-state index is 11.6. The second-order valence-electron chi connectivity index (χ2n) is 3.27. The Kier molecular flexibility index (Phi) is 2.93. The Balaban J connectivity index is 2.58. The molecule has 0 aromatic carbocycles. The summed E-state index contributed by atoms with van der Waals surface area (Å²) in [7, 11) is -2.22. The highest BCUT2D eigenvalue weighted by Crippen LogP contribution is 2.24. The van der Waals surface area contributed by atoms with Crippen molar-refractivity contribution in [2.24, 2.45) is 0 Å². The lowest BCUT2D eigenvalue weighted by Crippen LogP contribution is -2.24. The lowest BCUT2D eigenvalue weighted by atomic mass is 10.0. The highest BCUT2D eigenvalue weighted by atomic mass is 32.2. The van der Waals surface area contributed by atoms with Gasteiger partial charge in [0.05, 0.1) is 0 Å². The largest absolute Gasteiger partial charge is 0.253 e. The third-order valence-corrected chi connectivity index (χ3v) is 4.93. The molecule has 1 unspecified atom stereocenters. The third kappa shape index (κ3) is 2.19. The van der Waals surface area contributed by atoms with Crippen molar-refractivity contribution < 1.29 is 4.21 Å². The van der Waals surface area contributed by atoms with E-state index in [1.807, 2.05) is 6.92 Å². The Morgan fingerprint density at radius 2 is 1.91 bits per heavy atom. The van der Waals surface area contributed by atoms with E-state index in [0.29, 0.717) is 5.75 Å². The molecule has 0 amide bonds. The van der Waals surface area contributed by atoms with Crippen LogP contribution < -0.4 is 0 Å². The predicted octanol–water partition coefficient (Wildman–Crippen LogP) is 2.39. The van der Waals surface area contributed by atoms with Crippen molar-refractivity contribution in [2.45, 2.75) is 44.3 Å². The van der Waals surface area contributed by atoms with Crippen LogP contribution in [0.5, 0.6) is 0 Å². The van der Waals surface area contributed by atoms with Crippen LogP contribution >= 0.6 is 0 Å². The summed E-state index contributed by atoms with van der Waals surface area (Å²) >= 11 is 0. The smallest absolute Gasteiger partial charge is 0.0467 e. The van der Waals surface area contributed by atoms with E-state index in [0.717, 1.165) is 12.8 Å². The molecule has 0 aromatic heterocycles.